The molecule has 1 N–H and O–H groups in total. The average molecular weight is 293 g/mol. The highest BCUT2D eigenvalue weighted by atomic mass is 19.2. The Morgan fingerprint density at radius 1 is 1.00 bits per heavy atom. The van der Waals surface area contributed by atoms with E-state index in [9.17, 15) is 13.2 Å². The summed E-state index contributed by atoms with van der Waals surface area (Å²) in [4.78, 5) is 0. The minimum Gasteiger partial charge on any atom is -0.310 e. The lowest BCUT2D eigenvalue weighted by molar-refractivity contribution is 0.447. The molecule has 0 fully saturated rings. The molecule has 0 radical (unpaired) electrons. The van der Waals surface area contributed by atoms with E-state index in [2.05, 4.69) is 19.2 Å². The predicted octanol–water partition coefficient (Wildman–Crippen LogP) is 4.58. The first kappa shape index (κ1) is 15.6. The van der Waals surface area contributed by atoms with Crippen molar-refractivity contribution >= 4 is 0 Å². The molecule has 2 rings (SSSR count). The maximum absolute atomic E-state index is 13.3. The van der Waals surface area contributed by atoms with Gasteiger partial charge in [0.05, 0.1) is 0 Å². The molecule has 1 nitrogen and oxygen atoms in total. The van der Waals surface area contributed by atoms with E-state index in [1.165, 1.54) is 0 Å². The molecule has 0 amide bonds. The van der Waals surface area contributed by atoms with E-state index in [1.807, 2.05) is 19.1 Å². The van der Waals surface area contributed by atoms with Crippen LogP contribution in [0.1, 0.15) is 25.0 Å². The van der Waals surface area contributed by atoms with Crippen LogP contribution in [-0.4, -0.2) is 6.04 Å². The summed E-state index contributed by atoms with van der Waals surface area (Å²) >= 11 is 0. The molecule has 0 atom stereocenters. The second-order valence-electron chi connectivity index (χ2n) is 5.44. The molecule has 0 bridgehead atoms. The number of hydrogen-bond acceptors (Lipinski definition) is 1. The first-order chi connectivity index (χ1) is 9.88. The van der Waals surface area contributed by atoms with Crippen LogP contribution < -0.4 is 5.32 Å². The van der Waals surface area contributed by atoms with Crippen LogP contribution in [0, 0.1) is 24.4 Å². The highest BCUT2D eigenvalue weighted by Gasteiger charge is 2.13. The summed E-state index contributed by atoms with van der Waals surface area (Å²) in [6.07, 6.45) is 0. The molecule has 0 saturated heterocycles. The summed E-state index contributed by atoms with van der Waals surface area (Å²) in [5, 5.41) is 3.30. The molecule has 0 aliphatic rings. The SMILES string of the molecule is Cc1cc(CNC(C)C)ccc1-c1cc(F)c(F)c(F)c1. The van der Waals surface area contributed by atoms with Gasteiger partial charge in [-0.15, -0.1) is 0 Å². The Morgan fingerprint density at radius 2 is 1.62 bits per heavy atom. The van der Waals surface area contributed by atoms with Gasteiger partial charge >= 0.3 is 0 Å². The molecule has 112 valence electrons. The molecular weight excluding hydrogens is 275 g/mol. The quantitative estimate of drug-likeness (QED) is 0.814. The number of aryl methyl sites for hydroxylation is 1. The van der Waals surface area contributed by atoms with Crippen LogP contribution in [-0.2, 0) is 6.54 Å². The number of hydrogen-bond donors (Lipinski definition) is 1. The van der Waals surface area contributed by atoms with Crippen molar-refractivity contribution in [2.45, 2.75) is 33.4 Å². The van der Waals surface area contributed by atoms with Crippen molar-refractivity contribution in [3.05, 3.63) is 58.9 Å². The van der Waals surface area contributed by atoms with Crippen LogP contribution in [0.3, 0.4) is 0 Å². The van der Waals surface area contributed by atoms with E-state index >= 15 is 0 Å². The van der Waals surface area contributed by atoms with Gasteiger partial charge in [-0.05, 0) is 41.3 Å². The zero-order valence-electron chi connectivity index (χ0n) is 12.3. The van der Waals surface area contributed by atoms with Gasteiger partial charge in [-0.3, -0.25) is 0 Å². The molecule has 0 saturated carbocycles. The maximum atomic E-state index is 13.3. The molecule has 21 heavy (non-hydrogen) atoms. The number of benzene rings is 2. The summed E-state index contributed by atoms with van der Waals surface area (Å²) in [6, 6.07) is 8.09. The zero-order chi connectivity index (χ0) is 15.6. The van der Waals surface area contributed by atoms with Crippen LogP contribution in [0.2, 0.25) is 0 Å². The lowest BCUT2D eigenvalue weighted by atomic mass is 9.98. The van der Waals surface area contributed by atoms with E-state index in [4.69, 9.17) is 0 Å². The fraction of sp³-hybridized carbons (Fsp3) is 0.294. The number of nitrogens with one attached hydrogen (secondary N) is 1. The Labute approximate surface area is 122 Å². The lowest BCUT2D eigenvalue weighted by Crippen LogP contribution is -2.21. The summed E-state index contributed by atoms with van der Waals surface area (Å²) < 4.78 is 39.7. The minimum absolute atomic E-state index is 0.340. The number of halogens is 3. The Kier molecular flexibility index (Phi) is 4.68. The van der Waals surface area contributed by atoms with Gasteiger partial charge in [0.25, 0.3) is 0 Å². The van der Waals surface area contributed by atoms with Crippen LogP contribution in [0.4, 0.5) is 13.2 Å². The maximum Gasteiger partial charge on any atom is 0.194 e. The van der Waals surface area contributed by atoms with E-state index in [1.54, 1.807) is 6.07 Å². The molecule has 2 aromatic carbocycles. The third kappa shape index (κ3) is 3.64. The van der Waals surface area contributed by atoms with Crippen molar-refractivity contribution in [1.82, 2.24) is 5.32 Å². The van der Waals surface area contributed by atoms with Crippen LogP contribution in [0.5, 0.6) is 0 Å². The lowest BCUT2D eigenvalue weighted by Gasteiger charge is -2.12. The summed E-state index contributed by atoms with van der Waals surface area (Å²) in [7, 11) is 0. The average Bonchev–Trinajstić information content (AvgIpc) is 2.42. The Balaban J connectivity index is 2.33. The molecular formula is C17H18F3N. The molecule has 0 heterocycles. The molecule has 2 aromatic rings. The van der Waals surface area contributed by atoms with Crippen molar-refractivity contribution in [2.24, 2.45) is 0 Å². The van der Waals surface area contributed by atoms with E-state index in [0.29, 0.717) is 17.2 Å². The third-order valence-electron chi connectivity index (χ3n) is 3.30. The number of rotatable bonds is 4. The smallest absolute Gasteiger partial charge is 0.194 e. The molecule has 0 spiro atoms. The van der Waals surface area contributed by atoms with Gasteiger partial charge in [-0.25, -0.2) is 13.2 Å². The Hall–Kier alpha value is -1.81. The van der Waals surface area contributed by atoms with Crippen molar-refractivity contribution in [3.63, 3.8) is 0 Å². The minimum atomic E-state index is -1.44. The summed E-state index contributed by atoms with van der Waals surface area (Å²) in [5.74, 6) is -3.78. The van der Waals surface area contributed by atoms with E-state index in [0.717, 1.165) is 29.8 Å². The zero-order valence-corrected chi connectivity index (χ0v) is 12.3. The first-order valence-corrected chi connectivity index (χ1v) is 6.86. The van der Waals surface area contributed by atoms with Crippen molar-refractivity contribution in [3.8, 4) is 11.1 Å². The molecule has 0 aliphatic heterocycles. The van der Waals surface area contributed by atoms with Gasteiger partial charge in [0, 0.05) is 12.6 Å². The van der Waals surface area contributed by atoms with Crippen LogP contribution >= 0.6 is 0 Å². The normalized spacial score (nSPS) is 11.2. The van der Waals surface area contributed by atoms with Gasteiger partial charge in [-0.2, -0.15) is 0 Å². The standard InChI is InChI=1S/C17H18F3N/c1-10(2)21-9-12-4-5-14(11(3)6-12)13-7-15(18)17(20)16(19)8-13/h4-8,10,21H,9H2,1-3H3. The van der Waals surface area contributed by atoms with Crippen molar-refractivity contribution in [2.75, 3.05) is 0 Å². The highest BCUT2D eigenvalue weighted by Crippen LogP contribution is 2.27. The fourth-order valence-electron chi connectivity index (χ4n) is 2.19. The molecule has 0 unspecified atom stereocenters. The van der Waals surface area contributed by atoms with E-state index in [-0.39, 0.29) is 0 Å². The topological polar surface area (TPSA) is 12.0 Å². The van der Waals surface area contributed by atoms with E-state index < -0.39 is 17.5 Å². The molecule has 0 aliphatic carbocycles. The largest absolute Gasteiger partial charge is 0.310 e. The Morgan fingerprint density at radius 3 is 2.14 bits per heavy atom. The van der Waals surface area contributed by atoms with Gasteiger partial charge < -0.3 is 5.32 Å². The summed E-state index contributed by atoms with van der Waals surface area (Å²) in [5.41, 5.74) is 3.02. The molecule has 4 heteroatoms. The fourth-order valence-corrected chi connectivity index (χ4v) is 2.19. The first-order valence-electron chi connectivity index (χ1n) is 6.86. The van der Waals surface area contributed by atoms with Gasteiger partial charge in [-0.1, -0.05) is 32.0 Å². The van der Waals surface area contributed by atoms with Gasteiger partial charge in [0.15, 0.2) is 17.5 Å². The third-order valence-corrected chi connectivity index (χ3v) is 3.30. The summed E-state index contributed by atoms with van der Waals surface area (Å²) in [6.45, 7) is 6.72. The monoisotopic (exact) mass is 293 g/mol. The highest BCUT2D eigenvalue weighted by molar-refractivity contribution is 5.67. The second-order valence-corrected chi connectivity index (χ2v) is 5.44. The predicted molar refractivity (Wildman–Crippen MR) is 78.5 cm³/mol. The van der Waals surface area contributed by atoms with Crippen molar-refractivity contribution in [1.29, 1.82) is 0 Å². The Bertz CT molecular complexity index is 627. The van der Waals surface area contributed by atoms with Crippen LogP contribution in [0.15, 0.2) is 30.3 Å². The second kappa shape index (κ2) is 6.31. The van der Waals surface area contributed by atoms with Crippen LogP contribution in [0.25, 0.3) is 11.1 Å². The van der Waals surface area contributed by atoms with Gasteiger partial charge in [0.1, 0.15) is 0 Å². The molecule has 0 aromatic heterocycles. The van der Waals surface area contributed by atoms with Crippen molar-refractivity contribution < 1.29 is 13.2 Å². The van der Waals surface area contributed by atoms with Gasteiger partial charge in [0.2, 0.25) is 0 Å².